The molecule has 0 aliphatic carbocycles. The number of aryl methyl sites for hydroxylation is 1. The SMILES string of the molecule is Cc1cc2c3c(cc4c([Si](C)(C)C)cc5c6c(cc1c3c46)B1c3ccccc3N(c3ccccc3)c3cc(C(C)C)cc-5c31)B1c3ccccc3N(c3ccccc3)c3cc(C(C)C)cc-2c31. The molecule has 14 rings (SSSR count). The highest BCUT2D eigenvalue weighted by Gasteiger charge is 2.46. The average molecular weight is 875 g/mol. The number of hydrogen-bond acceptors (Lipinski definition) is 2. The van der Waals surface area contributed by atoms with Crippen molar-refractivity contribution in [2.45, 2.75) is 66.1 Å². The third-order valence-corrected chi connectivity index (χ3v) is 18.2. The van der Waals surface area contributed by atoms with Gasteiger partial charge in [0.05, 0.1) is 8.07 Å². The zero-order valence-electron chi connectivity index (χ0n) is 39.7. The lowest BCUT2D eigenvalue weighted by molar-refractivity contribution is 0.867. The number of hydrogen-bond donors (Lipinski definition) is 0. The molecule has 0 saturated carbocycles. The van der Waals surface area contributed by atoms with Crippen LogP contribution < -0.4 is 47.8 Å². The van der Waals surface area contributed by atoms with Gasteiger partial charge < -0.3 is 9.80 Å². The van der Waals surface area contributed by atoms with Crippen molar-refractivity contribution in [1.82, 2.24) is 0 Å². The van der Waals surface area contributed by atoms with Gasteiger partial charge in [0.15, 0.2) is 0 Å². The highest BCUT2D eigenvalue weighted by Crippen LogP contribution is 2.50. The molecule has 10 aromatic carbocycles. The second-order valence-electron chi connectivity index (χ2n) is 21.6. The number of anilines is 6. The fraction of sp³-hybridized carbons (Fsp3) is 0.161. The number of para-hydroxylation sites is 4. The Bertz CT molecular complexity index is 3770. The van der Waals surface area contributed by atoms with Crippen molar-refractivity contribution in [3.63, 3.8) is 0 Å². The number of benzene rings is 10. The van der Waals surface area contributed by atoms with Gasteiger partial charge in [-0.15, -0.1) is 0 Å². The summed E-state index contributed by atoms with van der Waals surface area (Å²) < 4.78 is 0. The number of fused-ring (bicyclic) bond motifs is 8. The molecule has 4 aliphatic heterocycles. The van der Waals surface area contributed by atoms with Crippen molar-refractivity contribution in [3.05, 3.63) is 174 Å². The highest BCUT2D eigenvalue weighted by molar-refractivity contribution is 7.03. The van der Waals surface area contributed by atoms with Crippen LogP contribution in [0.2, 0.25) is 19.6 Å². The lowest BCUT2D eigenvalue weighted by atomic mass is 9.31. The van der Waals surface area contributed by atoms with E-state index >= 15 is 0 Å². The van der Waals surface area contributed by atoms with E-state index < -0.39 is 8.07 Å². The Morgan fingerprint density at radius 3 is 1.31 bits per heavy atom. The minimum Gasteiger partial charge on any atom is -0.311 e. The summed E-state index contributed by atoms with van der Waals surface area (Å²) in [5.41, 5.74) is 25.9. The van der Waals surface area contributed by atoms with E-state index in [2.05, 4.69) is 222 Å². The Morgan fingerprint density at radius 2 is 0.836 bits per heavy atom. The second kappa shape index (κ2) is 13.6. The zero-order chi connectivity index (χ0) is 45.4. The monoisotopic (exact) mass is 874 g/mol. The third-order valence-electron chi connectivity index (χ3n) is 16.1. The third kappa shape index (κ3) is 5.19. The molecule has 0 radical (unpaired) electrons. The molecule has 0 atom stereocenters. The molecule has 2 nitrogen and oxygen atoms in total. The standard InChI is InChI=1S/C62H52B2N2Si/c1-35(2)38-28-45-43-27-37(5)42-32-50-58-44(46-29-39(36(3)4)31-55-62(46)63(50)48-23-15-17-25-52(48)66(55)41-21-13-10-14-22-41)34-56(67(6,7)8)47-33-51(57(43)59(42)60(47)58)64-49-24-16-18-26-53(49)65(54(30-38)61(45)64)40-19-11-9-12-20-40/h9-36H,1-8H3. The maximum atomic E-state index is 2.72. The molecule has 0 amide bonds. The first-order valence-electron chi connectivity index (χ1n) is 24.6. The fourth-order valence-electron chi connectivity index (χ4n) is 13.1. The van der Waals surface area contributed by atoms with Crippen molar-refractivity contribution in [2.24, 2.45) is 0 Å². The molecule has 320 valence electrons. The highest BCUT2D eigenvalue weighted by atomic mass is 28.3. The molecule has 5 heteroatoms. The second-order valence-corrected chi connectivity index (χ2v) is 26.7. The molecule has 0 N–H and O–H groups in total. The normalized spacial score (nSPS) is 14.1. The van der Waals surface area contributed by atoms with E-state index in [4.69, 9.17) is 0 Å². The molecule has 0 spiro atoms. The summed E-state index contributed by atoms with van der Waals surface area (Å²) >= 11 is 0. The quantitative estimate of drug-likeness (QED) is 0.126. The maximum Gasteiger partial charge on any atom is 0.248 e. The zero-order valence-corrected chi connectivity index (χ0v) is 40.7. The van der Waals surface area contributed by atoms with Gasteiger partial charge in [-0.1, -0.05) is 173 Å². The lowest BCUT2D eigenvalue weighted by Crippen LogP contribution is -2.60. The van der Waals surface area contributed by atoms with Crippen LogP contribution in [-0.2, 0) is 0 Å². The first-order chi connectivity index (χ1) is 32.5. The van der Waals surface area contributed by atoms with Crippen LogP contribution in [0.25, 0.3) is 54.6 Å². The van der Waals surface area contributed by atoms with E-state index in [1.165, 1.54) is 138 Å². The topological polar surface area (TPSA) is 6.48 Å². The van der Waals surface area contributed by atoms with Crippen molar-refractivity contribution in [2.75, 3.05) is 9.80 Å². The molecular weight excluding hydrogens is 822 g/mol. The first-order valence-corrected chi connectivity index (χ1v) is 28.1. The Labute approximate surface area is 396 Å². The summed E-state index contributed by atoms with van der Waals surface area (Å²) in [6, 6.07) is 61.5. The van der Waals surface area contributed by atoms with Crippen LogP contribution in [0, 0.1) is 6.92 Å². The van der Waals surface area contributed by atoms with Gasteiger partial charge >= 0.3 is 0 Å². The molecule has 0 saturated heterocycles. The van der Waals surface area contributed by atoms with E-state index in [0.717, 1.165) is 0 Å². The molecule has 0 unspecified atom stereocenters. The van der Waals surface area contributed by atoms with Crippen molar-refractivity contribution < 1.29 is 0 Å². The number of nitrogens with zero attached hydrogens (tertiary/aromatic N) is 2. The van der Waals surface area contributed by atoms with Crippen LogP contribution in [-0.4, -0.2) is 21.5 Å². The molecule has 10 aromatic rings. The molecule has 4 aliphatic rings. The molecule has 67 heavy (non-hydrogen) atoms. The summed E-state index contributed by atoms with van der Waals surface area (Å²) in [4.78, 5) is 5.12. The van der Waals surface area contributed by atoms with Gasteiger partial charge in [-0.25, -0.2) is 0 Å². The number of rotatable bonds is 5. The molecule has 0 bridgehead atoms. The van der Waals surface area contributed by atoms with Crippen molar-refractivity contribution >= 4 is 126 Å². The summed E-state index contributed by atoms with van der Waals surface area (Å²) in [5.74, 6) is 0.742. The minimum atomic E-state index is -1.98. The van der Waals surface area contributed by atoms with E-state index in [-0.39, 0.29) is 13.4 Å². The predicted molar refractivity (Wildman–Crippen MR) is 296 cm³/mol. The van der Waals surface area contributed by atoms with Gasteiger partial charge in [-0.2, -0.15) is 0 Å². The van der Waals surface area contributed by atoms with Crippen molar-refractivity contribution in [3.8, 4) is 22.3 Å². The van der Waals surface area contributed by atoms with Gasteiger partial charge in [0, 0.05) is 34.1 Å². The van der Waals surface area contributed by atoms with Crippen LogP contribution in [0.5, 0.6) is 0 Å². The Kier molecular flexibility index (Phi) is 8.02. The van der Waals surface area contributed by atoms with E-state index in [9.17, 15) is 0 Å². The van der Waals surface area contributed by atoms with Crippen LogP contribution in [0.3, 0.4) is 0 Å². The Balaban J connectivity index is 1.17. The molecule has 0 aromatic heterocycles. The Morgan fingerprint density at radius 1 is 0.403 bits per heavy atom. The largest absolute Gasteiger partial charge is 0.311 e. The first kappa shape index (κ1) is 39.4. The van der Waals surface area contributed by atoms with Crippen LogP contribution >= 0.6 is 0 Å². The fourth-order valence-corrected chi connectivity index (χ4v) is 14.7. The maximum absolute atomic E-state index is 2.72. The van der Waals surface area contributed by atoms with Gasteiger partial charge in [-0.3, -0.25) is 0 Å². The predicted octanol–water partition coefficient (Wildman–Crippen LogP) is 12.2. The van der Waals surface area contributed by atoms with E-state index in [0.29, 0.717) is 11.8 Å². The molecular formula is C62H52B2N2Si. The summed E-state index contributed by atoms with van der Waals surface area (Å²) in [6.45, 7) is 19.7. The van der Waals surface area contributed by atoms with Gasteiger partial charge in [-0.05, 0) is 160 Å². The molecule has 4 heterocycles. The average Bonchev–Trinajstić information content (AvgIpc) is 3.33. The van der Waals surface area contributed by atoms with Gasteiger partial charge in [0.25, 0.3) is 0 Å². The summed E-state index contributed by atoms with van der Waals surface area (Å²) in [5, 5.41) is 10.3. The Hall–Kier alpha value is -6.81. The van der Waals surface area contributed by atoms with Crippen LogP contribution in [0.4, 0.5) is 34.1 Å². The van der Waals surface area contributed by atoms with E-state index in [1.54, 1.807) is 5.19 Å². The van der Waals surface area contributed by atoms with Crippen molar-refractivity contribution in [1.29, 1.82) is 0 Å². The lowest BCUT2D eigenvalue weighted by Gasteiger charge is -2.43. The molecule has 0 fully saturated rings. The van der Waals surface area contributed by atoms with Crippen LogP contribution in [0.15, 0.2) is 158 Å². The van der Waals surface area contributed by atoms with Crippen LogP contribution in [0.1, 0.15) is 56.2 Å². The summed E-state index contributed by atoms with van der Waals surface area (Å²) in [6.07, 6.45) is 0. The van der Waals surface area contributed by atoms with Gasteiger partial charge in [0.1, 0.15) is 0 Å². The van der Waals surface area contributed by atoms with Gasteiger partial charge in [0.2, 0.25) is 13.4 Å². The smallest absolute Gasteiger partial charge is 0.248 e. The van der Waals surface area contributed by atoms with E-state index in [1.807, 2.05) is 0 Å². The minimum absolute atomic E-state index is 0.0942. The summed E-state index contributed by atoms with van der Waals surface area (Å²) in [7, 11) is -1.98.